The van der Waals surface area contributed by atoms with Gasteiger partial charge in [-0.25, -0.2) is 0 Å². The number of nitrogens with zero attached hydrogens (tertiary/aromatic N) is 3. The molecule has 3 saturated heterocycles. The smallest absolute Gasteiger partial charge is 0.323 e. The zero-order valence-electron chi connectivity index (χ0n) is 18.9. The molecule has 0 unspecified atom stereocenters. The molecule has 4 heterocycles. The van der Waals surface area contributed by atoms with Gasteiger partial charge >= 0.3 is 6.01 Å². The number of aromatic nitrogens is 3. The fourth-order valence-electron chi connectivity index (χ4n) is 4.35. The lowest BCUT2D eigenvalue weighted by Gasteiger charge is -2.36. The summed E-state index contributed by atoms with van der Waals surface area (Å²) in [7, 11) is 0. The Balaban J connectivity index is 1.19. The fourth-order valence-corrected chi connectivity index (χ4v) is 4.35. The van der Waals surface area contributed by atoms with Gasteiger partial charge in [0, 0.05) is 12.1 Å². The second-order valence-electron chi connectivity index (χ2n) is 10.1. The Morgan fingerprint density at radius 1 is 0.781 bits per heavy atom. The molecule has 0 bridgehead atoms. The van der Waals surface area contributed by atoms with Crippen LogP contribution in [0.3, 0.4) is 0 Å². The van der Waals surface area contributed by atoms with Gasteiger partial charge in [-0.1, -0.05) is 0 Å². The maximum absolute atomic E-state index is 6.20. The predicted molar refractivity (Wildman–Crippen MR) is 111 cm³/mol. The van der Waals surface area contributed by atoms with E-state index in [1.807, 2.05) is 27.7 Å². The molecule has 11 heteroatoms. The van der Waals surface area contributed by atoms with E-state index in [0.29, 0.717) is 24.0 Å². The third-order valence-electron chi connectivity index (χ3n) is 6.06. The largest absolute Gasteiger partial charge is 0.460 e. The molecule has 6 rings (SSSR count). The minimum atomic E-state index is -0.757. The summed E-state index contributed by atoms with van der Waals surface area (Å²) in [5, 5.41) is 6.64. The van der Waals surface area contributed by atoms with Crippen molar-refractivity contribution >= 4 is 11.9 Å². The van der Waals surface area contributed by atoms with Crippen LogP contribution in [0.5, 0.6) is 6.01 Å². The van der Waals surface area contributed by atoms with Crippen LogP contribution in [-0.4, -0.2) is 75.9 Å². The van der Waals surface area contributed by atoms with E-state index in [2.05, 4.69) is 25.6 Å². The quantitative estimate of drug-likeness (QED) is 0.634. The molecule has 2 N–H and O–H groups in total. The number of hydrogen-bond acceptors (Lipinski definition) is 11. The average molecular weight is 450 g/mol. The highest BCUT2D eigenvalue weighted by atomic mass is 16.9. The van der Waals surface area contributed by atoms with E-state index in [1.54, 1.807) is 0 Å². The van der Waals surface area contributed by atoms with Crippen LogP contribution in [0.1, 0.15) is 53.4 Å². The Labute approximate surface area is 186 Å². The van der Waals surface area contributed by atoms with Crippen molar-refractivity contribution in [2.45, 2.75) is 108 Å². The summed E-state index contributed by atoms with van der Waals surface area (Å²) in [5.41, 5.74) is 0. The van der Waals surface area contributed by atoms with Crippen molar-refractivity contribution in [3.8, 4) is 6.01 Å². The molecule has 0 aromatic carbocycles. The number of nitrogens with one attached hydrogen (secondary N) is 2. The minimum Gasteiger partial charge on any atom is -0.460 e. The Hall–Kier alpha value is -1.79. The lowest BCUT2D eigenvalue weighted by atomic mass is 9.99. The fraction of sp³-hybridized carbons (Fsp3) is 0.857. The van der Waals surface area contributed by atoms with Crippen LogP contribution in [0.4, 0.5) is 11.9 Å². The Kier molecular flexibility index (Phi) is 4.78. The molecule has 0 spiro atoms. The standard InChI is InChI=1S/C21H31N5O6/c1-20(2)29-13-12(28-16-15(14(13)30-20)31-21(3,4)32-16)9-27-19-25-17(22-10-5-6-10)24-18(26-19)23-11-7-8-11/h10-16H,5-9H2,1-4H3,(H2,22,23,24,25,26)/t12-,13+,14+,15-,16-/m1/s1. The first-order valence-corrected chi connectivity index (χ1v) is 11.5. The Morgan fingerprint density at radius 2 is 1.34 bits per heavy atom. The molecule has 176 valence electrons. The van der Waals surface area contributed by atoms with Gasteiger partial charge in [0.1, 0.15) is 31.0 Å². The van der Waals surface area contributed by atoms with E-state index in [9.17, 15) is 0 Å². The number of hydrogen-bond donors (Lipinski definition) is 2. The van der Waals surface area contributed by atoms with Crippen LogP contribution in [0.15, 0.2) is 0 Å². The SMILES string of the molecule is CC1(C)O[C@H]2[C@@H](O1)[C@@H](COc1nc(NC3CC3)nc(NC3CC3)n1)O[C@@H]1OC(C)(C)O[C@@H]12. The van der Waals surface area contributed by atoms with Gasteiger partial charge in [0.05, 0.1) is 0 Å². The monoisotopic (exact) mass is 449 g/mol. The third kappa shape index (κ3) is 4.36. The Morgan fingerprint density at radius 3 is 1.97 bits per heavy atom. The number of anilines is 2. The van der Waals surface area contributed by atoms with Crippen molar-refractivity contribution in [3.05, 3.63) is 0 Å². The van der Waals surface area contributed by atoms with Gasteiger partial charge in [0.15, 0.2) is 17.9 Å². The lowest BCUT2D eigenvalue weighted by Crippen LogP contribution is -2.56. The number of fused-ring (bicyclic) bond motifs is 3. The summed E-state index contributed by atoms with van der Waals surface area (Å²) in [4.78, 5) is 13.4. The second kappa shape index (κ2) is 7.36. The van der Waals surface area contributed by atoms with Crippen molar-refractivity contribution in [1.82, 2.24) is 15.0 Å². The van der Waals surface area contributed by atoms with E-state index in [1.165, 1.54) is 0 Å². The highest BCUT2D eigenvalue weighted by Gasteiger charge is 2.60. The predicted octanol–water partition coefficient (Wildman–Crippen LogP) is 1.80. The van der Waals surface area contributed by atoms with E-state index in [4.69, 9.17) is 28.4 Å². The van der Waals surface area contributed by atoms with Crippen molar-refractivity contribution < 1.29 is 28.4 Å². The molecule has 2 saturated carbocycles. The number of ether oxygens (including phenoxy) is 6. The molecule has 2 aliphatic carbocycles. The van der Waals surface area contributed by atoms with Gasteiger partial charge in [0.2, 0.25) is 11.9 Å². The van der Waals surface area contributed by atoms with Crippen LogP contribution in [0.25, 0.3) is 0 Å². The van der Waals surface area contributed by atoms with Crippen LogP contribution < -0.4 is 15.4 Å². The maximum atomic E-state index is 6.20. The molecular formula is C21H31N5O6. The molecular weight excluding hydrogens is 418 g/mol. The molecule has 0 radical (unpaired) electrons. The van der Waals surface area contributed by atoms with E-state index >= 15 is 0 Å². The molecule has 1 aromatic rings. The summed E-state index contributed by atoms with van der Waals surface area (Å²) in [5.74, 6) is -0.456. The zero-order chi connectivity index (χ0) is 22.1. The maximum Gasteiger partial charge on any atom is 0.323 e. The molecule has 0 amide bonds. The van der Waals surface area contributed by atoms with Gasteiger partial charge in [-0.3, -0.25) is 0 Å². The minimum absolute atomic E-state index is 0.184. The molecule has 5 atom stereocenters. The highest BCUT2D eigenvalue weighted by molar-refractivity contribution is 5.39. The van der Waals surface area contributed by atoms with Crippen molar-refractivity contribution in [3.63, 3.8) is 0 Å². The zero-order valence-corrected chi connectivity index (χ0v) is 18.9. The Bertz CT molecular complexity index is 844. The summed E-state index contributed by atoms with van der Waals surface area (Å²) in [6.07, 6.45) is 2.46. The van der Waals surface area contributed by atoms with Gasteiger partial charge in [-0.05, 0) is 53.4 Å². The molecule has 32 heavy (non-hydrogen) atoms. The van der Waals surface area contributed by atoms with Crippen LogP contribution in [0.2, 0.25) is 0 Å². The van der Waals surface area contributed by atoms with Crippen molar-refractivity contribution in [2.24, 2.45) is 0 Å². The van der Waals surface area contributed by atoms with Crippen LogP contribution in [-0.2, 0) is 23.7 Å². The number of rotatable bonds is 7. The van der Waals surface area contributed by atoms with Crippen molar-refractivity contribution in [2.75, 3.05) is 17.2 Å². The summed E-state index contributed by atoms with van der Waals surface area (Å²) < 4.78 is 36.5. The van der Waals surface area contributed by atoms with Gasteiger partial charge < -0.3 is 39.1 Å². The van der Waals surface area contributed by atoms with Crippen LogP contribution in [0, 0.1) is 0 Å². The molecule has 3 aliphatic heterocycles. The normalized spacial score (nSPS) is 36.9. The highest BCUT2D eigenvalue weighted by Crippen LogP contribution is 2.44. The molecule has 11 nitrogen and oxygen atoms in total. The lowest BCUT2D eigenvalue weighted by molar-refractivity contribution is -0.238. The summed E-state index contributed by atoms with van der Waals surface area (Å²) in [6.45, 7) is 7.69. The topological polar surface area (TPSA) is 118 Å². The first-order valence-electron chi connectivity index (χ1n) is 11.5. The van der Waals surface area contributed by atoms with E-state index in [-0.39, 0.29) is 30.9 Å². The van der Waals surface area contributed by atoms with E-state index < -0.39 is 24.0 Å². The van der Waals surface area contributed by atoms with E-state index in [0.717, 1.165) is 25.7 Å². The van der Waals surface area contributed by atoms with Crippen molar-refractivity contribution in [1.29, 1.82) is 0 Å². The summed E-state index contributed by atoms with van der Waals surface area (Å²) >= 11 is 0. The van der Waals surface area contributed by atoms with Crippen LogP contribution >= 0.6 is 0 Å². The summed E-state index contributed by atoms with van der Waals surface area (Å²) in [6, 6.07) is 1.09. The third-order valence-corrected chi connectivity index (χ3v) is 6.06. The first kappa shape index (κ1) is 20.8. The average Bonchev–Trinajstić information content (AvgIpc) is 3.61. The second-order valence-corrected chi connectivity index (χ2v) is 10.1. The van der Waals surface area contributed by atoms with Gasteiger partial charge in [-0.15, -0.1) is 0 Å². The molecule has 5 aliphatic rings. The first-order chi connectivity index (χ1) is 15.2. The van der Waals surface area contributed by atoms with Gasteiger partial charge in [-0.2, -0.15) is 15.0 Å². The molecule has 1 aromatic heterocycles. The molecule has 5 fully saturated rings. The van der Waals surface area contributed by atoms with Gasteiger partial charge in [0.25, 0.3) is 0 Å².